The Balaban J connectivity index is 2.04. The molecule has 78 valence electrons. The molecule has 1 fully saturated rings. The minimum atomic E-state index is 0.0413. The third-order valence-corrected chi connectivity index (χ3v) is 2.46. The van der Waals surface area contributed by atoms with Crippen LogP contribution < -0.4 is 10.6 Å². The average molecular weight is 194 g/mol. The van der Waals surface area contributed by atoms with Crippen LogP contribution >= 0.6 is 0 Å². The van der Waals surface area contributed by atoms with Gasteiger partial charge in [0.05, 0.1) is 13.1 Å². The number of carbonyl (C=O) groups excluding carboxylic acids is 1. The summed E-state index contributed by atoms with van der Waals surface area (Å²) in [6.07, 6.45) is 5.01. The van der Waals surface area contributed by atoms with E-state index in [4.69, 9.17) is 0 Å². The van der Waals surface area contributed by atoms with Crippen molar-refractivity contribution in [3.63, 3.8) is 0 Å². The molecule has 1 aliphatic rings. The van der Waals surface area contributed by atoms with Crippen LogP contribution in [0.25, 0.3) is 0 Å². The van der Waals surface area contributed by atoms with E-state index in [0.29, 0.717) is 19.1 Å². The molecule has 0 aromatic carbocycles. The predicted octanol–water partition coefficient (Wildman–Crippen LogP) is 0.658. The maximum absolute atomic E-state index is 11.2. The van der Waals surface area contributed by atoms with E-state index in [9.17, 15) is 4.79 Å². The summed E-state index contributed by atoms with van der Waals surface area (Å²) in [5.74, 6) is 5.57. The Hall–Kier alpha value is -1.01. The van der Waals surface area contributed by atoms with E-state index in [1.807, 2.05) is 0 Å². The average Bonchev–Trinajstić information content (AvgIpc) is 2.68. The molecule has 1 rings (SSSR count). The van der Waals surface area contributed by atoms with Crippen molar-refractivity contribution in [3.05, 3.63) is 0 Å². The first kappa shape index (κ1) is 11.1. The number of hydrogen-bond donors (Lipinski definition) is 2. The SMILES string of the molecule is CC#CCNC(=O)CNC1CCCC1. The van der Waals surface area contributed by atoms with Gasteiger partial charge in [-0.2, -0.15) is 0 Å². The quantitative estimate of drug-likeness (QED) is 0.645. The number of nitrogens with one attached hydrogen (secondary N) is 2. The van der Waals surface area contributed by atoms with Crippen LogP contribution in [0.4, 0.5) is 0 Å². The van der Waals surface area contributed by atoms with Crippen molar-refractivity contribution < 1.29 is 4.79 Å². The van der Waals surface area contributed by atoms with Gasteiger partial charge in [-0.15, -0.1) is 5.92 Å². The van der Waals surface area contributed by atoms with Gasteiger partial charge in [0.2, 0.25) is 5.91 Å². The molecule has 0 spiro atoms. The van der Waals surface area contributed by atoms with Gasteiger partial charge in [0, 0.05) is 6.04 Å². The van der Waals surface area contributed by atoms with Crippen LogP contribution in [0.5, 0.6) is 0 Å². The topological polar surface area (TPSA) is 41.1 Å². The number of rotatable bonds is 4. The van der Waals surface area contributed by atoms with Crippen molar-refractivity contribution >= 4 is 5.91 Å². The van der Waals surface area contributed by atoms with Crippen molar-refractivity contribution in [2.45, 2.75) is 38.6 Å². The molecule has 0 atom stereocenters. The largest absolute Gasteiger partial charge is 0.344 e. The lowest BCUT2D eigenvalue weighted by Gasteiger charge is -2.10. The first-order chi connectivity index (χ1) is 6.83. The molecule has 3 nitrogen and oxygen atoms in total. The first-order valence-electron chi connectivity index (χ1n) is 5.22. The van der Waals surface area contributed by atoms with Crippen LogP contribution in [0.2, 0.25) is 0 Å². The van der Waals surface area contributed by atoms with Gasteiger partial charge in [0.25, 0.3) is 0 Å². The Labute approximate surface area is 85.6 Å². The third-order valence-electron chi connectivity index (χ3n) is 2.46. The summed E-state index contributed by atoms with van der Waals surface area (Å²) >= 11 is 0. The molecule has 0 aromatic rings. The molecule has 14 heavy (non-hydrogen) atoms. The van der Waals surface area contributed by atoms with Crippen LogP contribution in [-0.2, 0) is 4.79 Å². The zero-order chi connectivity index (χ0) is 10.2. The van der Waals surface area contributed by atoms with Gasteiger partial charge in [-0.1, -0.05) is 18.8 Å². The molecule has 0 saturated heterocycles. The van der Waals surface area contributed by atoms with Crippen molar-refractivity contribution in [1.29, 1.82) is 0 Å². The second kappa shape index (κ2) is 6.44. The van der Waals surface area contributed by atoms with Crippen molar-refractivity contribution in [3.8, 4) is 11.8 Å². The summed E-state index contributed by atoms with van der Waals surface area (Å²) < 4.78 is 0. The van der Waals surface area contributed by atoms with E-state index < -0.39 is 0 Å². The van der Waals surface area contributed by atoms with Crippen molar-refractivity contribution in [1.82, 2.24) is 10.6 Å². The van der Waals surface area contributed by atoms with Crippen LogP contribution in [0, 0.1) is 11.8 Å². The Morgan fingerprint density at radius 2 is 2.14 bits per heavy atom. The molecule has 3 heteroatoms. The van der Waals surface area contributed by atoms with Crippen LogP contribution in [0.3, 0.4) is 0 Å². The minimum absolute atomic E-state index is 0.0413. The fourth-order valence-corrected chi connectivity index (χ4v) is 1.66. The van der Waals surface area contributed by atoms with Gasteiger partial charge >= 0.3 is 0 Å². The van der Waals surface area contributed by atoms with Gasteiger partial charge in [-0.25, -0.2) is 0 Å². The molecule has 0 bridgehead atoms. The van der Waals surface area contributed by atoms with E-state index in [0.717, 1.165) is 0 Å². The van der Waals surface area contributed by atoms with E-state index in [2.05, 4.69) is 22.5 Å². The van der Waals surface area contributed by atoms with Gasteiger partial charge in [-0.3, -0.25) is 4.79 Å². The van der Waals surface area contributed by atoms with E-state index in [-0.39, 0.29) is 5.91 Å². The van der Waals surface area contributed by atoms with Crippen molar-refractivity contribution in [2.75, 3.05) is 13.1 Å². The molecule has 0 heterocycles. The van der Waals surface area contributed by atoms with E-state index in [1.54, 1.807) is 6.92 Å². The summed E-state index contributed by atoms with van der Waals surface area (Å²) in [7, 11) is 0. The second-order valence-electron chi connectivity index (χ2n) is 3.57. The van der Waals surface area contributed by atoms with Crippen LogP contribution in [0.1, 0.15) is 32.6 Å². The fourth-order valence-electron chi connectivity index (χ4n) is 1.66. The highest BCUT2D eigenvalue weighted by atomic mass is 16.1. The highest BCUT2D eigenvalue weighted by Gasteiger charge is 2.14. The standard InChI is InChI=1S/C11H18N2O/c1-2-3-8-12-11(14)9-13-10-6-4-5-7-10/h10,13H,4-9H2,1H3,(H,12,14). The zero-order valence-corrected chi connectivity index (χ0v) is 8.73. The van der Waals surface area contributed by atoms with Gasteiger partial charge < -0.3 is 10.6 Å². The number of hydrogen-bond acceptors (Lipinski definition) is 2. The van der Waals surface area contributed by atoms with Crippen LogP contribution in [0.15, 0.2) is 0 Å². The predicted molar refractivity (Wildman–Crippen MR) is 56.7 cm³/mol. The maximum atomic E-state index is 11.2. The Bertz CT molecular complexity index is 233. The molecule has 0 aromatic heterocycles. The second-order valence-corrected chi connectivity index (χ2v) is 3.57. The lowest BCUT2D eigenvalue weighted by Crippen LogP contribution is -2.38. The van der Waals surface area contributed by atoms with Crippen LogP contribution in [-0.4, -0.2) is 25.0 Å². The molecule has 0 aliphatic heterocycles. The molecular weight excluding hydrogens is 176 g/mol. The maximum Gasteiger partial charge on any atom is 0.234 e. The Morgan fingerprint density at radius 1 is 1.43 bits per heavy atom. The normalized spacial score (nSPS) is 16.1. The summed E-state index contributed by atoms with van der Waals surface area (Å²) in [4.78, 5) is 11.2. The zero-order valence-electron chi connectivity index (χ0n) is 8.73. The van der Waals surface area contributed by atoms with Crippen molar-refractivity contribution in [2.24, 2.45) is 0 Å². The minimum Gasteiger partial charge on any atom is -0.344 e. The summed E-state index contributed by atoms with van der Waals surface area (Å²) in [5.41, 5.74) is 0. The molecule has 1 aliphatic carbocycles. The summed E-state index contributed by atoms with van der Waals surface area (Å²) in [6.45, 7) is 2.65. The lowest BCUT2D eigenvalue weighted by atomic mass is 10.2. The molecule has 1 saturated carbocycles. The monoisotopic (exact) mass is 194 g/mol. The lowest BCUT2D eigenvalue weighted by molar-refractivity contribution is -0.120. The van der Waals surface area contributed by atoms with E-state index >= 15 is 0 Å². The van der Waals surface area contributed by atoms with Gasteiger partial charge in [0.15, 0.2) is 0 Å². The van der Waals surface area contributed by atoms with E-state index in [1.165, 1.54) is 25.7 Å². The van der Waals surface area contributed by atoms with Gasteiger partial charge in [-0.05, 0) is 19.8 Å². The smallest absolute Gasteiger partial charge is 0.234 e. The highest BCUT2D eigenvalue weighted by Crippen LogP contribution is 2.16. The Kier molecular flexibility index (Phi) is 5.09. The molecule has 1 amide bonds. The molecule has 0 unspecified atom stereocenters. The molecule has 0 radical (unpaired) electrons. The molecule has 2 N–H and O–H groups in total. The Morgan fingerprint density at radius 3 is 2.79 bits per heavy atom. The summed E-state index contributed by atoms with van der Waals surface area (Å²) in [6, 6.07) is 0.554. The fraction of sp³-hybridized carbons (Fsp3) is 0.727. The van der Waals surface area contributed by atoms with Gasteiger partial charge in [0.1, 0.15) is 0 Å². The number of carbonyl (C=O) groups is 1. The summed E-state index contributed by atoms with van der Waals surface area (Å²) in [5, 5.41) is 5.98. The number of amides is 1. The highest BCUT2D eigenvalue weighted by molar-refractivity contribution is 5.78. The third kappa shape index (κ3) is 4.29. The first-order valence-corrected chi connectivity index (χ1v) is 5.22. The molecular formula is C11H18N2O.